The Morgan fingerprint density at radius 3 is 2.67 bits per heavy atom. The van der Waals surface area contributed by atoms with E-state index in [0.717, 1.165) is 11.4 Å². The van der Waals surface area contributed by atoms with Crippen LogP contribution in [0.15, 0.2) is 48.5 Å². The van der Waals surface area contributed by atoms with E-state index in [9.17, 15) is 0 Å². The zero-order chi connectivity index (χ0) is 12.5. The minimum atomic E-state index is 0.0113. The van der Waals surface area contributed by atoms with Gasteiger partial charge in [-0.2, -0.15) is 0 Å². The number of halogens is 1. The van der Waals surface area contributed by atoms with Crippen molar-refractivity contribution >= 4 is 17.3 Å². The molecule has 92 valence electrons. The third-order valence-corrected chi connectivity index (χ3v) is 3.40. The average Bonchev–Trinajstić information content (AvgIpc) is 2.39. The Balaban J connectivity index is 1.96. The van der Waals surface area contributed by atoms with Gasteiger partial charge in [0, 0.05) is 11.1 Å². The van der Waals surface area contributed by atoms with Gasteiger partial charge in [0.05, 0.1) is 11.7 Å². The number of ether oxygens (including phenoxy) is 1. The first-order chi connectivity index (χ1) is 8.74. The largest absolute Gasteiger partial charge is 0.481 e. The fourth-order valence-electron chi connectivity index (χ4n) is 2.27. The number of hydrogen-bond donors (Lipinski definition) is 1. The third-order valence-electron chi connectivity index (χ3n) is 3.16. The van der Waals surface area contributed by atoms with Crippen LogP contribution in [0.4, 0.5) is 5.69 Å². The van der Waals surface area contributed by atoms with Crippen LogP contribution in [0.25, 0.3) is 0 Å². The highest BCUT2D eigenvalue weighted by Crippen LogP contribution is 2.38. The van der Waals surface area contributed by atoms with E-state index in [1.807, 2.05) is 36.4 Å². The molecule has 1 aliphatic rings. The zero-order valence-electron chi connectivity index (χ0n) is 10.1. The highest BCUT2D eigenvalue weighted by atomic mass is 35.5. The van der Waals surface area contributed by atoms with Crippen molar-refractivity contribution in [1.29, 1.82) is 0 Å². The lowest BCUT2D eigenvalue weighted by atomic mass is 10.0. The second-order valence-electron chi connectivity index (χ2n) is 4.52. The first-order valence-corrected chi connectivity index (χ1v) is 6.39. The smallest absolute Gasteiger partial charge is 0.144 e. The molecule has 18 heavy (non-hydrogen) atoms. The van der Waals surface area contributed by atoms with E-state index in [1.165, 1.54) is 5.56 Å². The summed E-state index contributed by atoms with van der Waals surface area (Å²) in [5.74, 6) is 0.814. The molecular weight excluding hydrogens is 246 g/mol. The normalized spacial score (nSPS) is 21.7. The van der Waals surface area contributed by atoms with Crippen molar-refractivity contribution in [2.24, 2.45) is 0 Å². The van der Waals surface area contributed by atoms with Crippen LogP contribution in [0.3, 0.4) is 0 Å². The Labute approximate surface area is 112 Å². The van der Waals surface area contributed by atoms with Gasteiger partial charge in [0.2, 0.25) is 0 Å². The van der Waals surface area contributed by atoms with Crippen LogP contribution in [0, 0.1) is 0 Å². The van der Waals surface area contributed by atoms with Crippen molar-refractivity contribution in [3.63, 3.8) is 0 Å². The van der Waals surface area contributed by atoms with E-state index in [4.69, 9.17) is 16.3 Å². The summed E-state index contributed by atoms with van der Waals surface area (Å²) in [4.78, 5) is 0. The molecule has 0 amide bonds. The quantitative estimate of drug-likeness (QED) is 0.826. The lowest BCUT2D eigenvalue weighted by Crippen LogP contribution is -2.32. The van der Waals surface area contributed by atoms with E-state index in [2.05, 4.69) is 24.4 Å². The zero-order valence-corrected chi connectivity index (χ0v) is 10.8. The Hall–Kier alpha value is -1.67. The fourth-order valence-corrected chi connectivity index (χ4v) is 2.43. The first kappa shape index (κ1) is 11.4. The van der Waals surface area contributed by atoms with Crippen LogP contribution in [0.2, 0.25) is 5.02 Å². The van der Waals surface area contributed by atoms with E-state index in [1.54, 1.807) is 0 Å². The van der Waals surface area contributed by atoms with Crippen LogP contribution < -0.4 is 10.1 Å². The molecule has 2 aromatic carbocycles. The minimum absolute atomic E-state index is 0.0113. The number of rotatable bonds is 1. The summed E-state index contributed by atoms with van der Waals surface area (Å²) in [5.41, 5.74) is 2.17. The number of benzene rings is 2. The van der Waals surface area contributed by atoms with Gasteiger partial charge >= 0.3 is 0 Å². The minimum Gasteiger partial charge on any atom is -0.481 e. The molecule has 0 saturated carbocycles. The standard InChI is InChI=1S/C15H14ClNO/c1-10-15(11-5-3-2-4-6-11)18-14-9-12(16)7-8-13(14)17-10/h2-10,15,17H,1H3. The molecule has 0 aliphatic carbocycles. The molecule has 0 radical (unpaired) electrons. The van der Waals surface area contributed by atoms with Gasteiger partial charge < -0.3 is 10.1 Å². The molecule has 0 aromatic heterocycles. The Morgan fingerprint density at radius 1 is 1.11 bits per heavy atom. The first-order valence-electron chi connectivity index (χ1n) is 6.02. The van der Waals surface area contributed by atoms with Crippen LogP contribution in [0.5, 0.6) is 5.75 Å². The van der Waals surface area contributed by atoms with Gasteiger partial charge in [0.25, 0.3) is 0 Å². The van der Waals surface area contributed by atoms with Crippen LogP contribution >= 0.6 is 11.6 Å². The van der Waals surface area contributed by atoms with Crippen LogP contribution in [-0.2, 0) is 0 Å². The van der Waals surface area contributed by atoms with Gasteiger partial charge in [-0.3, -0.25) is 0 Å². The highest BCUT2D eigenvalue weighted by molar-refractivity contribution is 6.30. The SMILES string of the molecule is CC1Nc2ccc(Cl)cc2OC1c1ccccc1. The lowest BCUT2D eigenvalue weighted by molar-refractivity contribution is 0.177. The molecule has 2 aromatic rings. The fraction of sp³-hybridized carbons (Fsp3) is 0.200. The molecule has 0 bridgehead atoms. The Morgan fingerprint density at radius 2 is 1.89 bits per heavy atom. The monoisotopic (exact) mass is 259 g/mol. The molecule has 0 saturated heterocycles. The molecule has 1 N–H and O–H groups in total. The number of nitrogens with one attached hydrogen (secondary N) is 1. The lowest BCUT2D eigenvalue weighted by Gasteiger charge is -2.33. The summed E-state index contributed by atoms with van der Waals surface area (Å²) in [6.07, 6.45) is 0.0113. The predicted octanol–water partition coefficient (Wildman–Crippen LogP) is 4.27. The molecule has 0 fully saturated rings. The van der Waals surface area contributed by atoms with E-state index in [0.29, 0.717) is 5.02 Å². The van der Waals surface area contributed by atoms with Crippen LogP contribution in [0.1, 0.15) is 18.6 Å². The topological polar surface area (TPSA) is 21.3 Å². The summed E-state index contributed by atoms with van der Waals surface area (Å²) in [6.45, 7) is 2.12. The molecule has 3 rings (SSSR count). The Kier molecular flexibility index (Phi) is 2.88. The number of anilines is 1. The van der Waals surface area contributed by atoms with Crippen molar-refractivity contribution in [2.45, 2.75) is 19.1 Å². The summed E-state index contributed by atoms with van der Waals surface area (Å²) in [5, 5.41) is 4.14. The molecule has 2 nitrogen and oxygen atoms in total. The van der Waals surface area contributed by atoms with Gasteiger partial charge in [0.15, 0.2) is 0 Å². The Bertz CT molecular complexity index is 556. The van der Waals surface area contributed by atoms with Crippen molar-refractivity contribution < 1.29 is 4.74 Å². The molecule has 1 heterocycles. The highest BCUT2D eigenvalue weighted by Gasteiger charge is 2.27. The maximum atomic E-state index is 6.06. The van der Waals surface area contributed by atoms with Gasteiger partial charge in [0.1, 0.15) is 11.9 Å². The summed E-state index contributed by atoms with van der Waals surface area (Å²) in [6, 6.07) is 16.1. The number of fused-ring (bicyclic) bond motifs is 1. The van der Waals surface area contributed by atoms with E-state index < -0.39 is 0 Å². The second kappa shape index (κ2) is 4.54. The van der Waals surface area contributed by atoms with Crippen molar-refractivity contribution in [3.8, 4) is 5.75 Å². The second-order valence-corrected chi connectivity index (χ2v) is 4.96. The molecule has 1 aliphatic heterocycles. The molecule has 3 heteroatoms. The molecule has 2 atom stereocenters. The summed E-state index contributed by atoms with van der Waals surface area (Å²) in [7, 11) is 0. The van der Waals surface area contributed by atoms with Gasteiger partial charge in [-0.15, -0.1) is 0 Å². The third kappa shape index (κ3) is 2.04. The molecule has 2 unspecified atom stereocenters. The maximum Gasteiger partial charge on any atom is 0.144 e. The maximum absolute atomic E-state index is 6.06. The van der Waals surface area contributed by atoms with Gasteiger partial charge in [-0.1, -0.05) is 41.9 Å². The van der Waals surface area contributed by atoms with E-state index >= 15 is 0 Å². The number of hydrogen-bond acceptors (Lipinski definition) is 2. The average molecular weight is 260 g/mol. The van der Waals surface area contributed by atoms with Gasteiger partial charge in [-0.25, -0.2) is 0 Å². The van der Waals surface area contributed by atoms with Crippen LogP contribution in [-0.4, -0.2) is 6.04 Å². The van der Waals surface area contributed by atoms with Crippen molar-refractivity contribution in [3.05, 3.63) is 59.1 Å². The summed E-state index contributed by atoms with van der Waals surface area (Å²) < 4.78 is 6.06. The van der Waals surface area contributed by atoms with E-state index in [-0.39, 0.29) is 12.1 Å². The molecular formula is C15H14ClNO. The predicted molar refractivity (Wildman–Crippen MR) is 74.3 cm³/mol. The van der Waals surface area contributed by atoms with Crippen molar-refractivity contribution in [2.75, 3.05) is 5.32 Å². The molecule has 0 spiro atoms. The van der Waals surface area contributed by atoms with Crippen molar-refractivity contribution in [1.82, 2.24) is 0 Å². The summed E-state index contributed by atoms with van der Waals surface area (Å²) >= 11 is 6.00. The van der Waals surface area contributed by atoms with Gasteiger partial charge in [-0.05, 0) is 24.6 Å².